The van der Waals surface area contributed by atoms with Crippen LogP contribution >= 0.6 is 45.2 Å². The van der Waals surface area contributed by atoms with E-state index in [1.54, 1.807) is 6.07 Å². The van der Waals surface area contributed by atoms with Gasteiger partial charge in [-0.25, -0.2) is 0 Å². The number of halogens is 2. The second-order valence-corrected chi connectivity index (χ2v) is 9.90. The standard InChI is InChI=1S/C20H27I2NO4/c1-11(2)27-19-15(21)7-14(12(3)17(19)22)18(26)13(9-24)8-23-16(10-25)20(4,5)6/h7-9,11,16,23,25H,10H2,1-6H3/t16-/m1/s1. The second-order valence-electron chi connectivity index (χ2n) is 7.66. The summed E-state index contributed by atoms with van der Waals surface area (Å²) in [6.07, 6.45) is 1.97. The molecule has 0 saturated heterocycles. The van der Waals surface area contributed by atoms with Crippen LogP contribution in [0.3, 0.4) is 0 Å². The number of allylic oxidation sites excluding steroid dienone is 1. The highest BCUT2D eigenvalue weighted by Crippen LogP contribution is 2.34. The van der Waals surface area contributed by atoms with Crippen LogP contribution in [0.4, 0.5) is 0 Å². The van der Waals surface area contributed by atoms with Gasteiger partial charge in [0.05, 0.1) is 31.5 Å². The van der Waals surface area contributed by atoms with Crippen LogP contribution in [0, 0.1) is 19.5 Å². The highest BCUT2D eigenvalue weighted by Gasteiger charge is 2.24. The maximum absolute atomic E-state index is 12.9. The van der Waals surface area contributed by atoms with Crippen LogP contribution in [-0.4, -0.2) is 35.9 Å². The molecule has 0 unspecified atom stereocenters. The average molecular weight is 599 g/mol. The molecule has 7 heteroatoms. The minimum atomic E-state index is -0.354. The van der Waals surface area contributed by atoms with Crippen LogP contribution < -0.4 is 10.1 Å². The molecule has 1 atom stereocenters. The van der Waals surface area contributed by atoms with Crippen molar-refractivity contribution in [2.75, 3.05) is 6.61 Å². The number of hydrogen-bond acceptors (Lipinski definition) is 5. The van der Waals surface area contributed by atoms with Crippen LogP contribution in [0.2, 0.25) is 0 Å². The highest BCUT2D eigenvalue weighted by atomic mass is 127. The summed E-state index contributed by atoms with van der Waals surface area (Å²) in [5, 5.41) is 12.5. The monoisotopic (exact) mass is 599 g/mol. The van der Waals surface area contributed by atoms with E-state index in [-0.39, 0.29) is 35.5 Å². The molecule has 0 spiro atoms. The number of aldehydes is 1. The molecule has 2 N–H and O–H groups in total. The van der Waals surface area contributed by atoms with E-state index >= 15 is 0 Å². The molecule has 0 saturated carbocycles. The third-order valence-corrected chi connectivity index (χ3v) is 6.18. The number of ketones is 1. The predicted octanol–water partition coefficient (Wildman–Crippen LogP) is 4.25. The molecule has 27 heavy (non-hydrogen) atoms. The summed E-state index contributed by atoms with van der Waals surface area (Å²) < 4.78 is 7.54. The van der Waals surface area contributed by atoms with Gasteiger partial charge in [0.2, 0.25) is 0 Å². The predicted molar refractivity (Wildman–Crippen MR) is 124 cm³/mol. The molecule has 1 aromatic carbocycles. The maximum Gasteiger partial charge on any atom is 0.198 e. The third kappa shape index (κ3) is 6.42. The van der Waals surface area contributed by atoms with E-state index in [0.717, 1.165) is 18.5 Å². The molecule has 5 nitrogen and oxygen atoms in total. The average Bonchev–Trinajstić information content (AvgIpc) is 2.57. The molecule has 1 rings (SSSR count). The molecule has 150 valence electrons. The number of nitrogens with one attached hydrogen (secondary N) is 1. The molecule has 0 aliphatic heterocycles. The summed E-state index contributed by atoms with van der Waals surface area (Å²) in [6, 6.07) is 1.48. The number of aliphatic hydroxyl groups excluding tert-OH is 1. The minimum absolute atomic E-state index is 0.0185. The Kier molecular flexibility index (Phi) is 9.20. The fourth-order valence-electron chi connectivity index (χ4n) is 2.35. The summed E-state index contributed by atoms with van der Waals surface area (Å²) in [4.78, 5) is 24.5. The largest absolute Gasteiger partial charge is 0.489 e. The van der Waals surface area contributed by atoms with Crippen molar-refractivity contribution in [3.63, 3.8) is 0 Å². The molecule has 0 bridgehead atoms. The lowest BCUT2D eigenvalue weighted by Gasteiger charge is -2.29. The van der Waals surface area contributed by atoms with Crippen LogP contribution in [0.5, 0.6) is 5.75 Å². The van der Waals surface area contributed by atoms with Gasteiger partial charge in [0.1, 0.15) is 5.75 Å². The Hall–Kier alpha value is -0.680. The number of hydrogen-bond donors (Lipinski definition) is 2. The van der Waals surface area contributed by atoms with E-state index in [9.17, 15) is 14.7 Å². The van der Waals surface area contributed by atoms with Crippen molar-refractivity contribution in [2.45, 2.75) is 53.7 Å². The Bertz CT molecular complexity index is 736. The van der Waals surface area contributed by atoms with Crippen molar-refractivity contribution in [3.8, 4) is 5.75 Å². The third-order valence-electron chi connectivity index (χ3n) is 4.08. The van der Waals surface area contributed by atoms with Crippen molar-refractivity contribution < 1.29 is 19.4 Å². The van der Waals surface area contributed by atoms with Gasteiger partial charge in [0, 0.05) is 11.8 Å². The molecule has 0 aliphatic carbocycles. The molecule has 0 radical (unpaired) electrons. The van der Waals surface area contributed by atoms with E-state index in [1.165, 1.54) is 6.20 Å². The van der Waals surface area contributed by atoms with Crippen LogP contribution in [0.1, 0.15) is 50.5 Å². The summed E-state index contributed by atoms with van der Waals surface area (Å²) in [7, 11) is 0. The number of carbonyl (C=O) groups excluding carboxylic acids is 2. The topological polar surface area (TPSA) is 75.6 Å². The Morgan fingerprint density at radius 1 is 1.33 bits per heavy atom. The smallest absolute Gasteiger partial charge is 0.198 e. The van der Waals surface area contributed by atoms with Crippen LogP contribution in [0.25, 0.3) is 0 Å². The van der Waals surface area contributed by atoms with Gasteiger partial charge in [0.25, 0.3) is 0 Å². The first-order valence-electron chi connectivity index (χ1n) is 8.66. The molecule has 0 aliphatic rings. The Labute approximate surface area is 188 Å². The number of Topliss-reactive ketones (excluding diaryl/α,β-unsaturated/α-hetero) is 1. The zero-order valence-electron chi connectivity index (χ0n) is 16.5. The number of aliphatic hydroxyl groups is 1. The maximum atomic E-state index is 12.9. The van der Waals surface area contributed by atoms with Crippen molar-refractivity contribution in [2.24, 2.45) is 5.41 Å². The lowest BCUT2D eigenvalue weighted by Crippen LogP contribution is -2.40. The van der Waals surface area contributed by atoms with Crippen molar-refractivity contribution >= 4 is 57.3 Å². The number of ether oxygens (including phenoxy) is 1. The number of rotatable bonds is 8. The summed E-state index contributed by atoms with van der Waals surface area (Å²) in [5.41, 5.74) is 1.04. The summed E-state index contributed by atoms with van der Waals surface area (Å²) in [5.74, 6) is 0.399. The second kappa shape index (κ2) is 10.2. The Morgan fingerprint density at radius 3 is 2.37 bits per heavy atom. The van der Waals surface area contributed by atoms with Gasteiger partial charge in [0.15, 0.2) is 12.1 Å². The summed E-state index contributed by atoms with van der Waals surface area (Å²) >= 11 is 4.31. The van der Waals surface area contributed by atoms with Gasteiger partial charge in [-0.15, -0.1) is 0 Å². The normalized spacial score (nSPS) is 13.5. The first kappa shape index (κ1) is 24.4. The molecular formula is C20H27I2NO4. The van der Waals surface area contributed by atoms with Gasteiger partial charge in [-0.1, -0.05) is 20.8 Å². The van der Waals surface area contributed by atoms with E-state index in [0.29, 0.717) is 11.8 Å². The van der Waals surface area contributed by atoms with Crippen molar-refractivity contribution in [1.82, 2.24) is 5.32 Å². The lowest BCUT2D eigenvalue weighted by molar-refractivity contribution is -0.104. The van der Waals surface area contributed by atoms with Crippen LogP contribution in [-0.2, 0) is 4.79 Å². The van der Waals surface area contributed by atoms with Crippen molar-refractivity contribution in [1.29, 1.82) is 0 Å². The van der Waals surface area contributed by atoms with E-state index in [2.05, 4.69) is 50.5 Å². The fraction of sp³-hybridized carbons (Fsp3) is 0.500. The van der Waals surface area contributed by atoms with E-state index in [4.69, 9.17) is 4.74 Å². The lowest BCUT2D eigenvalue weighted by atomic mass is 9.87. The summed E-state index contributed by atoms with van der Waals surface area (Å²) in [6.45, 7) is 11.6. The Morgan fingerprint density at radius 2 is 1.93 bits per heavy atom. The number of benzene rings is 1. The van der Waals surface area contributed by atoms with E-state index in [1.807, 2.05) is 41.5 Å². The van der Waals surface area contributed by atoms with Gasteiger partial charge < -0.3 is 15.2 Å². The zero-order chi connectivity index (χ0) is 20.9. The highest BCUT2D eigenvalue weighted by molar-refractivity contribution is 14.1. The molecule has 0 aromatic heterocycles. The van der Waals surface area contributed by atoms with Gasteiger partial charge in [-0.05, 0) is 83.0 Å². The first-order chi connectivity index (χ1) is 12.4. The number of carbonyl (C=O) groups is 2. The quantitative estimate of drug-likeness (QED) is 0.117. The van der Waals surface area contributed by atoms with Crippen molar-refractivity contribution in [3.05, 3.63) is 36.1 Å². The first-order valence-corrected chi connectivity index (χ1v) is 10.8. The molecule has 0 amide bonds. The SMILES string of the molecule is Cc1c(C(=O)C(C=O)=CN[C@H](CO)C(C)(C)C)cc(I)c(OC(C)C)c1I. The zero-order valence-corrected chi connectivity index (χ0v) is 20.8. The molecule has 1 aromatic rings. The minimum Gasteiger partial charge on any atom is -0.489 e. The van der Waals surface area contributed by atoms with E-state index < -0.39 is 0 Å². The van der Waals surface area contributed by atoms with Gasteiger partial charge in [-0.2, -0.15) is 0 Å². The Balaban J connectivity index is 3.26. The molecule has 0 heterocycles. The van der Waals surface area contributed by atoms with Gasteiger partial charge in [-0.3, -0.25) is 9.59 Å². The van der Waals surface area contributed by atoms with Gasteiger partial charge >= 0.3 is 0 Å². The fourth-order valence-corrected chi connectivity index (χ4v) is 4.28. The molecular weight excluding hydrogens is 572 g/mol. The molecule has 0 fully saturated rings. The van der Waals surface area contributed by atoms with Crippen LogP contribution in [0.15, 0.2) is 17.8 Å².